The molecule has 3 rings (SSSR count). The molecular weight excluding hydrogens is 238 g/mol. The largest absolute Gasteiger partial charge is 0.316 e. The zero-order valence-corrected chi connectivity index (χ0v) is 12.2. The normalized spacial score (nSPS) is 24.3. The molecule has 1 nitrogen and oxygen atoms in total. The maximum absolute atomic E-state index is 3.74. The molecule has 0 saturated heterocycles. The summed E-state index contributed by atoms with van der Waals surface area (Å²) in [6, 6.07) is 8.89. The third-order valence-corrected chi connectivity index (χ3v) is 6.04. The zero-order valence-electron chi connectivity index (χ0n) is 11.4. The Bertz CT molecular complexity index is 423. The van der Waals surface area contributed by atoms with Gasteiger partial charge in [-0.25, -0.2) is 0 Å². The highest BCUT2D eigenvalue weighted by atomic mass is 32.2. The van der Waals surface area contributed by atoms with Crippen LogP contribution in [0.1, 0.15) is 38.2 Å². The van der Waals surface area contributed by atoms with Crippen molar-refractivity contribution in [1.82, 2.24) is 5.32 Å². The first-order chi connectivity index (χ1) is 8.71. The van der Waals surface area contributed by atoms with Gasteiger partial charge in [0, 0.05) is 29.7 Å². The van der Waals surface area contributed by atoms with Crippen molar-refractivity contribution in [3.63, 3.8) is 0 Å². The summed E-state index contributed by atoms with van der Waals surface area (Å²) in [4.78, 5) is 1.49. The number of benzene rings is 1. The van der Waals surface area contributed by atoms with Crippen molar-refractivity contribution in [2.45, 2.75) is 37.5 Å². The second-order valence-corrected chi connectivity index (χ2v) is 7.26. The van der Waals surface area contributed by atoms with Crippen LogP contribution in [0, 0.1) is 11.3 Å². The molecule has 1 aromatic rings. The van der Waals surface area contributed by atoms with E-state index in [1.807, 2.05) is 11.8 Å². The van der Waals surface area contributed by atoms with Crippen molar-refractivity contribution >= 4 is 11.8 Å². The van der Waals surface area contributed by atoms with Crippen LogP contribution in [0.15, 0.2) is 29.2 Å². The van der Waals surface area contributed by atoms with Crippen molar-refractivity contribution in [1.29, 1.82) is 0 Å². The van der Waals surface area contributed by atoms with Gasteiger partial charge in [-0.2, -0.15) is 0 Å². The van der Waals surface area contributed by atoms with Crippen LogP contribution in [-0.2, 0) is 0 Å². The molecule has 1 unspecified atom stereocenters. The summed E-state index contributed by atoms with van der Waals surface area (Å²) in [7, 11) is 0. The maximum Gasteiger partial charge on any atom is 0.0108 e. The second kappa shape index (κ2) is 4.90. The van der Waals surface area contributed by atoms with E-state index < -0.39 is 0 Å². The molecule has 1 fully saturated rings. The van der Waals surface area contributed by atoms with E-state index >= 15 is 0 Å². The second-order valence-electron chi connectivity index (χ2n) is 6.19. The lowest BCUT2D eigenvalue weighted by molar-refractivity contribution is 0.336. The van der Waals surface area contributed by atoms with E-state index in [2.05, 4.69) is 43.4 Å². The molecule has 1 aliphatic heterocycles. The van der Waals surface area contributed by atoms with E-state index in [9.17, 15) is 0 Å². The molecule has 1 aliphatic carbocycles. The smallest absolute Gasteiger partial charge is 0.0108 e. The van der Waals surface area contributed by atoms with Crippen molar-refractivity contribution < 1.29 is 0 Å². The first kappa shape index (κ1) is 12.6. The van der Waals surface area contributed by atoms with Crippen LogP contribution in [0.25, 0.3) is 0 Å². The summed E-state index contributed by atoms with van der Waals surface area (Å²) in [5, 5.41) is 3.74. The fraction of sp³-hybridized carbons (Fsp3) is 0.625. The van der Waals surface area contributed by atoms with Crippen LogP contribution in [0.3, 0.4) is 0 Å². The molecule has 0 amide bonds. The Morgan fingerprint density at radius 3 is 2.83 bits per heavy atom. The van der Waals surface area contributed by atoms with Gasteiger partial charge in [0.15, 0.2) is 0 Å². The first-order valence-corrected chi connectivity index (χ1v) is 8.12. The van der Waals surface area contributed by atoms with Crippen LogP contribution >= 0.6 is 11.8 Å². The molecule has 2 aliphatic rings. The zero-order chi connectivity index (χ0) is 12.6. The Balaban J connectivity index is 1.53. The Morgan fingerprint density at radius 2 is 2.11 bits per heavy atom. The van der Waals surface area contributed by atoms with Crippen molar-refractivity contribution in [2.75, 3.05) is 18.8 Å². The molecule has 0 aromatic heterocycles. The van der Waals surface area contributed by atoms with Gasteiger partial charge in [-0.15, -0.1) is 11.8 Å². The highest BCUT2D eigenvalue weighted by Gasteiger charge is 2.44. The predicted octanol–water partition coefficient (Wildman–Crippen LogP) is 3.90. The topological polar surface area (TPSA) is 12.0 Å². The van der Waals surface area contributed by atoms with Gasteiger partial charge in [0.1, 0.15) is 0 Å². The van der Waals surface area contributed by atoms with Gasteiger partial charge >= 0.3 is 0 Å². The molecule has 2 heteroatoms. The van der Waals surface area contributed by atoms with Gasteiger partial charge < -0.3 is 5.32 Å². The molecule has 0 radical (unpaired) electrons. The van der Waals surface area contributed by atoms with Crippen molar-refractivity contribution in [3.05, 3.63) is 29.8 Å². The third kappa shape index (κ3) is 2.33. The minimum Gasteiger partial charge on any atom is -0.316 e. The van der Waals surface area contributed by atoms with E-state index in [0.717, 1.165) is 12.5 Å². The van der Waals surface area contributed by atoms with Gasteiger partial charge in [-0.3, -0.25) is 0 Å². The molecule has 1 saturated carbocycles. The van der Waals surface area contributed by atoms with Crippen LogP contribution in [0.5, 0.6) is 0 Å². The average Bonchev–Trinajstić information content (AvgIpc) is 3.06. The van der Waals surface area contributed by atoms with Crippen LogP contribution in [0.2, 0.25) is 0 Å². The molecule has 18 heavy (non-hydrogen) atoms. The summed E-state index contributed by atoms with van der Waals surface area (Å²) >= 11 is 2.02. The van der Waals surface area contributed by atoms with Crippen LogP contribution < -0.4 is 5.32 Å². The van der Waals surface area contributed by atoms with Crippen LogP contribution in [-0.4, -0.2) is 18.8 Å². The molecular formula is C16H23NS. The fourth-order valence-electron chi connectivity index (χ4n) is 3.01. The van der Waals surface area contributed by atoms with Gasteiger partial charge in [-0.05, 0) is 35.8 Å². The number of hydrogen-bond acceptors (Lipinski definition) is 2. The maximum atomic E-state index is 3.74. The third-order valence-electron chi connectivity index (χ3n) is 4.78. The Labute approximate surface area is 115 Å². The molecule has 0 bridgehead atoms. The Kier molecular flexibility index (Phi) is 3.42. The van der Waals surface area contributed by atoms with E-state index in [4.69, 9.17) is 0 Å². The molecule has 1 aromatic carbocycles. The minimum atomic E-state index is 0.630. The SMILES string of the molecule is CC(C)C1(CNCC2CSc3ccccc32)CC1. The lowest BCUT2D eigenvalue weighted by Gasteiger charge is -2.21. The van der Waals surface area contributed by atoms with Gasteiger partial charge in [0.05, 0.1) is 0 Å². The fourth-order valence-corrected chi connectivity index (χ4v) is 4.27. The Hall–Kier alpha value is -0.470. The number of fused-ring (bicyclic) bond motifs is 1. The van der Waals surface area contributed by atoms with Gasteiger partial charge in [0.25, 0.3) is 0 Å². The van der Waals surface area contributed by atoms with E-state index in [0.29, 0.717) is 11.3 Å². The van der Waals surface area contributed by atoms with Crippen molar-refractivity contribution in [2.24, 2.45) is 11.3 Å². The van der Waals surface area contributed by atoms with E-state index in [1.165, 1.54) is 30.0 Å². The molecule has 1 atom stereocenters. The molecule has 0 spiro atoms. The number of nitrogens with one attached hydrogen (secondary N) is 1. The Morgan fingerprint density at radius 1 is 1.33 bits per heavy atom. The number of hydrogen-bond donors (Lipinski definition) is 1. The average molecular weight is 261 g/mol. The van der Waals surface area contributed by atoms with E-state index in [1.54, 1.807) is 5.56 Å². The van der Waals surface area contributed by atoms with Crippen molar-refractivity contribution in [3.8, 4) is 0 Å². The summed E-state index contributed by atoms with van der Waals surface area (Å²) in [6.07, 6.45) is 2.85. The monoisotopic (exact) mass is 261 g/mol. The molecule has 1 heterocycles. The molecule has 98 valence electrons. The van der Waals surface area contributed by atoms with Crippen LogP contribution in [0.4, 0.5) is 0 Å². The summed E-state index contributed by atoms with van der Waals surface area (Å²) in [6.45, 7) is 7.11. The summed E-state index contributed by atoms with van der Waals surface area (Å²) in [5.74, 6) is 2.80. The standard InChI is InChI=1S/C16H23NS/c1-12(2)16(7-8-16)11-17-9-13-10-18-15-6-4-3-5-14(13)15/h3-6,12-13,17H,7-11H2,1-2H3. The quantitative estimate of drug-likeness (QED) is 0.862. The van der Waals surface area contributed by atoms with Gasteiger partial charge in [-0.1, -0.05) is 32.0 Å². The lowest BCUT2D eigenvalue weighted by atomic mass is 9.92. The number of rotatable bonds is 5. The lowest BCUT2D eigenvalue weighted by Crippen LogP contribution is -2.30. The highest BCUT2D eigenvalue weighted by molar-refractivity contribution is 7.99. The first-order valence-electron chi connectivity index (χ1n) is 7.14. The molecule has 1 N–H and O–H groups in total. The van der Waals surface area contributed by atoms with E-state index in [-0.39, 0.29) is 0 Å². The summed E-state index contributed by atoms with van der Waals surface area (Å²) < 4.78 is 0. The minimum absolute atomic E-state index is 0.630. The number of thioether (sulfide) groups is 1. The van der Waals surface area contributed by atoms with Gasteiger partial charge in [0.2, 0.25) is 0 Å². The highest BCUT2D eigenvalue weighted by Crippen LogP contribution is 2.51. The predicted molar refractivity (Wildman–Crippen MR) is 79.3 cm³/mol. The summed E-state index contributed by atoms with van der Waals surface area (Å²) in [5.41, 5.74) is 2.19.